The minimum Gasteiger partial charge on any atom is -0.454 e. The molecule has 2 atom stereocenters. The fraction of sp³-hybridized carbons (Fsp3) is 0.529. The van der Waals surface area contributed by atoms with Crippen LogP contribution in [0, 0.1) is 5.92 Å². The quantitative estimate of drug-likeness (QED) is 0.712. The van der Waals surface area contributed by atoms with Gasteiger partial charge in [-0.25, -0.2) is 13.4 Å². The molecule has 9 nitrogen and oxygen atoms in total. The molecule has 0 radical (unpaired) electrons. The van der Waals surface area contributed by atoms with Crippen molar-refractivity contribution in [2.75, 3.05) is 40.0 Å². The Morgan fingerprint density at radius 1 is 1.37 bits per heavy atom. The zero-order chi connectivity index (χ0) is 19.6. The summed E-state index contributed by atoms with van der Waals surface area (Å²) in [7, 11) is 0.557. The normalized spacial score (nSPS) is 21.0. The van der Waals surface area contributed by atoms with Crippen molar-refractivity contribution in [3.63, 3.8) is 0 Å². The third kappa shape index (κ3) is 4.96. The van der Waals surface area contributed by atoms with E-state index < -0.39 is 10.0 Å². The van der Waals surface area contributed by atoms with Crippen molar-refractivity contribution in [3.8, 4) is 0 Å². The monoisotopic (exact) mass is 395 g/mol. The Kier molecular flexibility index (Phi) is 5.68. The van der Waals surface area contributed by atoms with E-state index >= 15 is 0 Å². The second-order valence-corrected chi connectivity index (χ2v) is 9.17. The van der Waals surface area contributed by atoms with E-state index in [1.165, 1.54) is 10.6 Å². The summed E-state index contributed by atoms with van der Waals surface area (Å²) in [5.74, 6) is 0.536. The van der Waals surface area contributed by atoms with E-state index in [0.29, 0.717) is 25.4 Å². The van der Waals surface area contributed by atoms with E-state index in [4.69, 9.17) is 4.42 Å². The lowest BCUT2D eigenvalue weighted by Crippen LogP contribution is -2.43. The van der Waals surface area contributed by atoms with Crippen LogP contribution in [-0.2, 0) is 16.6 Å². The average Bonchev–Trinajstić information content (AvgIpc) is 3.28. The Morgan fingerprint density at radius 2 is 2.15 bits per heavy atom. The van der Waals surface area contributed by atoms with Gasteiger partial charge in [-0.1, -0.05) is 0 Å². The van der Waals surface area contributed by atoms with E-state index in [0.717, 1.165) is 0 Å². The van der Waals surface area contributed by atoms with Crippen molar-refractivity contribution >= 4 is 15.9 Å². The van der Waals surface area contributed by atoms with Crippen LogP contribution in [0.4, 0.5) is 0 Å². The molecule has 0 unspecified atom stereocenters. The maximum atomic E-state index is 12.6. The van der Waals surface area contributed by atoms with Crippen LogP contribution in [-0.4, -0.2) is 79.1 Å². The molecule has 0 aromatic carbocycles. The molecule has 3 rings (SSSR count). The molecule has 0 saturated carbocycles. The maximum Gasteiger partial charge on any atom is 0.287 e. The lowest BCUT2D eigenvalue weighted by molar-refractivity contribution is 0.0897. The van der Waals surface area contributed by atoms with Crippen LogP contribution >= 0.6 is 0 Å². The summed E-state index contributed by atoms with van der Waals surface area (Å²) < 4.78 is 32.7. The number of carbonyl (C=O) groups excluding carboxylic acids is 1. The van der Waals surface area contributed by atoms with Gasteiger partial charge in [0.1, 0.15) is 5.76 Å². The van der Waals surface area contributed by atoms with Crippen molar-refractivity contribution in [3.05, 3.63) is 42.4 Å². The number of nitrogens with one attached hydrogen (secondary N) is 1. The Hall–Kier alpha value is -2.17. The number of carbonyl (C=O) groups is 1. The standard InChI is InChI=1S/C17H25N5O4S/c1-20(2)8-13-9-22(27(3,24)25)11-15(13)19-17(23)16-5-4-14(26-16)10-21-7-6-18-12-21/h4-7,12-13,15H,8-11H2,1-3H3,(H,19,23)/t13-,15-/m1/s1. The average molecular weight is 395 g/mol. The summed E-state index contributed by atoms with van der Waals surface area (Å²) in [5.41, 5.74) is 0. The fourth-order valence-corrected chi connectivity index (χ4v) is 4.20. The molecule has 3 heterocycles. The molecule has 148 valence electrons. The summed E-state index contributed by atoms with van der Waals surface area (Å²) in [6.07, 6.45) is 6.35. The van der Waals surface area contributed by atoms with E-state index in [2.05, 4.69) is 10.3 Å². The van der Waals surface area contributed by atoms with Crippen molar-refractivity contribution in [2.45, 2.75) is 12.6 Å². The summed E-state index contributed by atoms with van der Waals surface area (Å²) in [6.45, 7) is 1.83. The molecular weight excluding hydrogens is 370 g/mol. The van der Waals surface area contributed by atoms with Crippen LogP contribution in [0.2, 0.25) is 0 Å². The van der Waals surface area contributed by atoms with E-state index in [-0.39, 0.29) is 30.2 Å². The highest BCUT2D eigenvalue weighted by atomic mass is 32.2. The predicted molar refractivity (Wildman–Crippen MR) is 99.8 cm³/mol. The first-order valence-corrected chi connectivity index (χ1v) is 10.5. The van der Waals surface area contributed by atoms with Gasteiger partial charge in [0.15, 0.2) is 5.76 Å². The van der Waals surface area contributed by atoms with Crippen LogP contribution in [0.5, 0.6) is 0 Å². The van der Waals surface area contributed by atoms with E-state index in [1.54, 1.807) is 24.7 Å². The second-order valence-electron chi connectivity index (χ2n) is 7.18. The smallest absolute Gasteiger partial charge is 0.287 e. The zero-order valence-corrected chi connectivity index (χ0v) is 16.5. The number of sulfonamides is 1. The first kappa shape index (κ1) is 19.6. The molecule has 10 heteroatoms. The van der Waals surface area contributed by atoms with Gasteiger partial charge in [-0.2, -0.15) is 4.31 Å². The van der Waals surface area contributed by atoms with Crippen molar-refractivity contribution in [1.82, 2.24) is 24.1 Å². The molecule has 0 aliphatic carbocycles. The second kappa shape index (κ2) is 7.83. The van der Waals surface area contributed by atoms with Crippen molar-refractivity contribution < 1.29 is 17.6 Å². The fourth-order valence-electron chi connectivity index (χ4n) is 3.30. The Labute approximate surface area is 159 Å². The van der Waals surface area contributed by atoms with Crippen molar-refractivity contribution in [2.24, 2.45) is 5.92 Å². The van der Waals surface area contributed by atoms with Gasteiger partial charge in [0, 0.05) is 44.0 Å². The highest BCUT2D eigenvalue weighted by Gasteiger charge is 2.38. The van der Waals surface area contributed by atoms with Gasteiger partial charge >= 0.3 is 0 Å². The largest absolute Gasteiger partial charge is 0.454 e. The molecule has 1 fully saturated rings. The van der Waals surface area contributed by atoms with Crippen LogP contribution in [0.3, 0.4) is 0 Å². The Balaban J connectivity index is 1.67. The highest BCUT2D eigenvalue weighted by Crippen LogP contribution is 2.21. The SMILES string of the molecule is CN(C)C[C@@H]1CN(S(C)(=O)=O)C[C@H]1NC(=O)c1ccc(Cn2ccnc2)o1. The number of hydrogen-bond acceptors (Lipinski definition) is 6. The number of aromatic nitrogens is 2. The molecule has 0 spiro atoms. The van der Waals surface area contributed by atoms with Gasteiger partial charge in [0.25, 0.3) is 5.91 Å². The van der Waals surface area contributed by atoms with Crippen LogP contribution in [0.1, 0.15) is 16.3 Å². The summed E-state index contributed by atoms with van der Waals surface area (Å²) in [4.78, 5) is 18.6. The van der Waals surface area contributed by atoms with Gasteiger partial charge in [0.05, 0.1) is 19.1 Å². The van der Waals surface area contributed by atoms with Gasteiger partial charge in [-0.3, -0.25) is 4.79 Å². The first-order chi connectivity index (χ1) is 12.7. The molecule has 1 aliphatic heterocycles. The van der Waals surface area contributed by atoms with Gasteiger partial charge in [-0.05, 0) is 26.2 Å². The number of rotatable bonds is 7. The summed E-state index contributed by atoms with van der Waals surface area (Å²) >= 11 is 0. The van der Waals surface area contributed by atoms with Gasteiger partial charge < -0.3 is 19.2 Å². The topological polar surface area (TPSA) is 101 Å². The van der Waals surface area contributed by atoms with Gasteiger partial charge in [-0.15, -0.1) is 0 Å². The summed E-state index contributed by atoms with van der Waals surface area (Å²) in [6, 6.07) is 3.12. The Morgan fingerprint density at radius 3 is 2.78 bits per heavy atom. The third-order valence-corrected chi connectivity index (χ3v) is 5.81. The molecule has 2 aromatic rings. The summed E-state index contributed by atoms with van der Waals surface area (Å²) in [5, 5.41) is 2.94. The molecule has 1 N–H and O–H groups in total. The van der Waals surface area contributed by atoms with E-state index in [1.807, 2.05) is 29.8 Å². The molecular formula is C17H25N5O4S. The maximum absolute atomic E-state index is 12.6. The highest BCUT2D eigenvalue weighted by molar-refractivity contribution is 7.88. The molecule has 1 amide bonds. The lowest BCUT2D eigenvalue weighted by Gasteiger charge is -2.22. The van der Waals surface area contributed by atoms with E-state index in [9.17, 15) is 13.2 Å². The molecule has 2 aromatic heterocycles. The number of amides is 1. The lowest BCUT2D eigenvalue weighted by atomic mass is 10.0. The molecule has 0 bridgehead atoms. The number of hydrogen-bond donors (Lipinski definition) is 1. The predicted octanol–water partition coefficient (Wildman–Crippen LogP) is 0.0758. The Bertz CT molecular complexity index is 875. The van der Waals surface area contributed by atoms with Crippen LogP contribution in [0.15, 0.2) is 35.3 Å². The number of furan rings is 1. The molecule has 1 saturated heterocycles. The van der Waals surface area contributed by atoms with Crippen LogP contribution < -0.4 is 5.32 Å². The van der Waals surface area contributed by atoms with Gasteiger partial charge in [0.2, 0.25) is 10.0 Å². The third-order valence-electron chi connectivity index (χ3n) is 4.58. The number of nitrogens with zero attached hydrogens (tertiary/aromatic N) is 4. The molecule has 1 aliphatic rings. The zero-order valence-electron chi connectivity index (χ0n) is 15.7. The number of imidazole rings is 1. The minimum atomic E-state index is -3.30. The van der Waals surface area contributed by atoms with Crippen LogP contribution in [0.25, 0.3) is 0 Å². The molecule has 27 heavy (non-hydrogen) atoms. The first-order valence-electron chi connectivity index (χ1n) is 8.67. The van der Waals surface area contributed by atoms with Crippen molar-refractivity contribution in [1.29, 1.82) is 0 Å². The minimum absolute atomic E-state index is 0.0130.